The lowest BCUT2D eigenvalue weighted by atomic mass is 9.63. The molecule has 0 spiro atoms. The second-order valence-corrected chi connectivity index (χ2v) is 5.90. The summed E-state index contributed by atoms with van der Waals surface area (Å²) in [6.07, 6.45) is 7.48. The van der Waals surface area contributed by atoms with Crippen molar-refractivity contribution in [3.63, 3.8) is 0 Å². The lowest BCUT2D eigenvalue weighted by Gasteiger charge is -2.42. The summed E-state index contributed by atoms with van der Waals surface area (Å²) in [6, 6.07) is 0. The van der Waals surface area contributed by atoms with Crippen molar-refractivity contribution in [2.75, 3.05) is 7.05 Å². The quantitative estimate of drug-likeness (QED) is 0.652. The molecule has 2 bridgehead atoms. The van der Waals surface area contributed by atoms with Crippen molar-refractivity contribution >= 4 is 0 Å². The molecule has 3 aliphatic carbocycles. The van der Waals surface area contributed by atoms with E-state index in [0.717, 1.165) is 23.7 Å². The third-order valence-corrected chi connectivity index (χ3v) is 5.07. The van der Waals surface area contributed by atoms with Gasteiger partial charge in [-0.05, 0) is 62.8 Å². The lowest BCUT2D eigenvalue weighted by molar-refractivity contribution is 0.0772. The molecule has 3 aliphatic rings. The Morgan fingerprint density at radius 3 is 2.69 bits per heavy atom. The summed E-state index contributed by atoms with van der Waals surface area (Å²) in [6.45, 7) is 2.45. The van der Waals surface area contributed by atoms with Gasteiger partial charge in [0.2, 0.25) is 0 Å². The van der Waals surface area contributed by atoms with Crippen LogP contribution in [-0.2, 0) is 0 Å². The predicted molar refractivity (Wildman–Crippen MR) is 54.5 cm³/mol. The lowest BCUT2D eigenvalue weighted by Crippen LogP contribution is -2.42. The van der Waals surface area contributed by atoms with Crippen molar-refractivity contribution in [1.29, 1.82) is 0 Å². The molecule has 1 nitrogen and oxygen atoms in total. The van der Waals surface area contributed by atoms with E-state index in [0.29, 0.717) is 5.54 Å². The number of fused-ring (bicyclic) bond motifs is 1. The largest absolute Gasteiger partial charge is 0.314 e. The Hall–Kier alpha value is -0.0400. The van der Waals surface area contributed by atoms with E-state index in [-0.39, 0.29) is 0 Å². The van der Waals surface area contributed by atoms with Gasteiger partial charge in [0.1, 0.15) is 0 Å². The minimum atomic E-state index is 0.556. The van der Waals surface area contributed by atoms with E-state index in [1.165, 1.54) is 25.7 Å². The third kappa shape index (κ3) is 1.03. The first kappa shape index (κ1) is 8.28. The Morgan fingerprint density at radius 2 is 1.92 bits per heavy atom. The first-order chi connectivity index (χ1) is 6.22. The summed E-state index contributed by atoms with van der Waals surface area (Å²) < 4.78 is 0. The summed E-state index contributed by atoms with van der Waals surface area (Å²) in [5.74, 6) is 4.28. The van der Waals surface area contributed by atoms with Gasteiger partial charge in [-0.25, -0.2) is 0 Å². The van der Waals surface area contributed by atoms with Crippen LogP contribution in [0.1, 0.15) is 39.0 Å². The molecule has 0 radical (unpaired) electrons. The molecular formula is C12H21N. The van der Waals surface area contributed by atoms with Gasteiger partial charge in [0.25, 0.3) is 0 Å². The average molecular weight is 179 g/mol. The zero-order valence-electron chi connectivity index (χ0n) is 8.84. The molecule has 13 heavy (non-hydrogen) atoms. The van der Waals surface area contributed by atoms with Crippen LogP contribution in [0, 0.1) is 23.7 Å². The van der Waals surface area contributed by atoms with Crippen LogP contribution >= 0.6 is 0 Å². The van der Waals surface area contributed by atoms with E-state index >= 15 is 0 Å². The summed E-state index contributed by atoms with van der Waals surface area (Å²) in [4.78, 5) is 0. The van der Waals surface area contributed by atoms with Gasteiger partial charge in [0.15, 0.2) is 0 Å². The van der Waals surface area contributed by atoms with Crippen molar-refractivity contribution in [3.8, 4) is 0 Å². The van der Waals surface area contributed by atoms with E-state index in [2.05, 4.69) is 19.3 Å². The molecule has 0 amide bonds. The first-order valence-electron chi connectivity index (χ1n) is 5.91. The maximum Gasteiger partial charge on any atom is 0.0186 e. The van der Waals surface area contributed by atoms with Crippen molar-refractivity contribution in [3.05, 3.63) is 0 Å². The highest BCUT2D eigenvalue weighted by Gasteiger charge is 2.55. The molecule has 3 saturated carbocycles. The zero-order valence-corrected chi connectivity index (χ0v) is 8.84. The van der Waals surface area contributed by atoms with E-state index in [9.17, 15) is 0 Å². The topological polar surface area (TPSA) is 12.0 Å². The van der Waals surface area contributed by atoms with Gasteiger partial charge in [-0.3, -0.25) is 0 Å². The van der Waals surface area contributed by atoms with Gasteiger partial charge in [-0.2, -0.15) is 0 Å². The Bertz CT molecular complexity index is 221. The summed E-state index contributed by atoms with van der Waals surface area (Å²) in [7, 11) is 2.18. The molecular weight excluding hydrogens is 158 g/mol. The van der Waals surface area contributed by atoms with Gasteiger partial charge in [-0.1, -0.05) is 6.92 Å². The molecule has 0 saturated heterocycles. The number of rotatable bonds is 1. The van der Waals surface area contributed by atoms with Crippen LogP contribution in [-0.4, -0.2) is 12.6 Å². The molecule has 3 rings (SSSR count). The minimum Gasteiger partial charge on any atom is -0.314 e. The zero-order chi connectivity index (χ0) is 9.05. The van der Waals surface area contributed by atoms with Crippen LogP contribution in [0.25, 0.3) is 0 Å². The molecule has 0 aromatic heterocycles. The normalized spacial score (nSPS) is 58.6. The van der Waals surface area contributed by atoms with E-state index in [4.69, 9.17) is 0 Å². The molecule has 1 N–H and O–H groups in total. The average Bonchev–Trinajstić information content (AvgIpc) is 2.29. The molecule has 74 valence electrons. The SMILES string of the molecule is CNC12CC(C)CC3CC(C1)C3C2. The Morgan fingerprint density at radius 1 is 1.08 bits per heavy atom. The highest BCUT2D eigenvalue weighted by Crippen LogP contribution is 2.60. The number of hydrogen-bond donors (Lipinski definition) is 1. The van der Waals surface area contributed by atoms with Crippen molar-refractivity contribution in [2.45, 2.75) is 44.6 Å². The molecule has 0 heterocycles. The van der Waals surface area contributed by atoms with Crippen molar-refractivity contribution in [1.82, 2.24) is 5.32 Å². The van der Waals surface area contributed by atoms with Gasteiger partial charge < -0.3 is 5.32 Å². The van der Waals surface area contributed by atoms with Crippen LogP contribution in [0.4, 0.5) is 0 Å². The fourth-order valence-electron chi connectivity index (χ4n) is 4.54. The monoisotopic (exact) mass is 179 g/mol. The minimum absolute atomic E-state index is 0.556. The van der Waals surface area contributed by atoms with Gasteiger partial charge in [-0.15, -0.1) is 0 Å². The molecule has 0 aromatic carbocycles. The molecule has 3 fully saturated rings. The number of nitrogens with one attached hydrogen (secondary N) is 1. The van der Waals surface area contributed by atoms with E-state index in [1.54, 1.807) is 6.42 Å². The van der Waals surface area contributed by atoms with Crippen LogP contribution in [0.15, 0.2) is 0 Å². The van der Waals surface area contributed by atoms with Crippen LogP contribution in [0.5, 0.6) is 0 Å². The Kier molecular flexibility index (Phi) is 1.59. The summed E-state index contributed by atoms with van der Waals surface area (Å²) in [5, 5.41) is 3.64. The fourth-order valence-corrected chi connectivity index (χ4v) is 4.54. The van der Waals surface area contributed by atoms with Crippen LogP contribution < -0.4 is 5.32 Å². The Labute approximate surface area is 81.3 Å². The van der Waals surface area contributed by atoms with E-state index in [1.807, 2.05) is 0 Å². The summed E-state index contributed by atoms with van der Waals surface area (Å²) >= 11 is 0. The van der Waals surface area contributed by atoms with E-state index < -0.39 is 0 Å². The van der Waals surface area contributed by atoms with Gasteiger partial charge in [0.05, 0.1) is 0 Å². The first-order valence-corrected chi connectivity index (χ1v) is 5.91. The van der Waals surface area contributed by atoms with Crippen LogP contribution in [0.2, 0.25) is 0 Å². The van der Waals surface area contributed by atoms with Crippen molar-refractivity contribution in [2.24, 2.45) is 23.7 Å². The maximum atomic E-state index is 3.64. The highest BCUT2D eigenvalue weighted by molar-refractivity contribution is 5.09. The summed E-state index contributed by atoms with van der Waals surface area (Å²) in [5.41, 5.74) is 0.556. The third-order valence-electron chi connectivity index (χ3n) is 5.07. The second-order valence-electron chi connectivity index (χ2n) is 5.90. The molecule has 5 atom stereocenters. The second kappa shape index (κ2) is 2.50. The maximum absolute atomic E-state index is 3.64. The smallest absolute Gasteiger partial charge is 0.0186 e. The molecule has 1 heteroatoms. The Balaban J connectivity index is 1.89. The van der Waals surface area contributed by atoms with Crippen molar-refractivity contribution < 1.29 is 0 Å². The standard InChI is InChI=1S/C12H21N/c1-8-3-9-4-10-6-12(5-8,13-2)7-11(9)10/h8-11,13H,3-7H2,1-2H3. The van der Waals surface area contributed by atoms with Gasteiger partial charge in [0, 0.05) is 5.54 Å². The molecule has 5 unspecified atom stereocenters. The number of hydrogen-bond acceptors (Lipinski definition) is 1. The fraction of sp³-hybridized carbons (Fsp3) is 1.00. The predicted octanol–water partition coefficient (Wildman–Crippen LogP) is 2.42. The molecule has 0 aliphatic heterocycles. The van der Waals surface area contributed by atoms with Gasteiger partial charge >= 0.3 is 0 Å². The molecule has 0 aromatic rings. The highest BCUT2D eigenvalue weighted by atomic mass is 15.0. The van der Waals surface area contributed by atoms with Crippen LogP contribution in [0.3, 0.4) is 0 Å².